The standard InChI is InChI=1S/C15H24N2O/c1-15(7-9-18-10-8-15)17-12-14(11-16)13-5-3-2-4-6-13/h2-6,14,17H,7-12,16H2,1H3. The molecule has 0 saturated carbocycles. The topological polar surface area (TPSA) is 47.3 Å². The number of rotatable bonds is 5. The third-order valence-electron chi connectivity index (χ3n) is 3.93. The molecule has 2 rings (SSSR count). The van der Waals surface area contributed by atoms with Gasteiger partial charge in [-0.2, -0.15) is 0 Å². The summed E-state index contributed by atoms with van der Waals surface area (Å²) in [6.45, 7) is 5.64. The van der Waals surface area contributed by atoms with E-state index < -0.39 is 0 Å². The van der Waals surface area contributed by atoms with Crippen molar-refractivity contribution in [1.29, 1.82) is 0 Å². The zero-order valence-electron chi connectivity index (χ0n) is 11.2. The van der Waals surface area contributed by atoms with E-state index in [-0.39, 0.29) is 5.54 Å². The Morgan fingerprint density at radius 3 is 2.56 bits per heavy atom. The molecule has 0 radical (unpaired) electrons. The van der Waals surface area contributed by atoms with Crippen LogP contribution >= 0.6 is 0 Å². The predicted molar refractivity (Wildman–Crippen MR) is 74.7 cm³/mol. The Balaban J connectivity index is 1.91. The van der Waals surface area contributed by atoms with Crippen molar-refractivity contribution >= 4 is 0 Å². The molecule has 0 bridgehead atoms. The van der Waals surface area contributed by atoms with Crippen LogP contribution in [0.4, 0.5) is 0 Å². The number of hydrogen-bond donors (Lipinski definition) is 2. The summed E-state index contributed by atoms with van der Waals surface area (Å²) in [5.74, 6) is 0.394. The normalized spacial score (nSPS) is 20.6. The molecule has 3 N–H and O–H groups in total. The minimum Gasteiger partial charge on any atom is -0.381 e. The Morgan fingerprint density at radius 2 is 1.94 bits per heavy atom. The molecule has 18 heavy (non-hydrogen) atoms. The van der Waals surface area contributed by atoms with Crippen molar-refractivity contribution in [3.05, 3.63) is 35.9 Å². The van der Waals surface area contributed by atoms with Gasteiger partial charge in [-0.05, 0) is 25.3 Å². The average molecular weight is 248 g/mol. The lowest BCUT2D eigenvalue weighted by Gasteiger charge is -2.36. The van der Waals surface area contributed by atoms with Crippen molar-refractivity contribution in [2.75, 3.05) is 26.3 Å². The highest BCUT2D eigenvalue weighted by Crippen LogP contribution is 2.21. The molecule has 1 aliphatic rings. The zero-order chi connectivity index (χ0) is 12.8. The number of nitrogens with two attached hydrogens (primary N) is 1. The van der Waals surface area contributed by atoms with Gasteiger partial charge < -0.3 is 15.8 Å². The Hall–Kier alpha value is -0.900. The maximum absolute atomic E-state index is 5.90. The van der Waals surface area contributed by atoms with Gasteiger partial charge in [0.25, 0.3) is 0 Å². The number of ether oxygens (including phenoxy) is 1. The Labute approximate surface area is 110 Å². The van der Waals surface area contributed by atoms with E-state index in [2.05, 4.69) is 36.5 Å². The van der Waals surface area contributed by atoms with Crippen LogP contribution in [0.2, 0.25) is 0 Å². The SMILES string of the molecule is CC1(NCC(CN)c2ccccc2)CCOCC1. The highest BCUT2D eigenvalue weighted by molar-refractivity contribution is 5.20. The fourth-order valence-electron chi connectivity index (χ4n) is 2.43. The van der Waals surface area contributed by atoms with Crippen LogP contribution in [0, 0.1) is 0 Å². The molecule has 1 aromatic rings. The van der Waals surface area contributed by atoms with Gasteiger partial charge in [-0.15, -0.1) is 0 Å². The Bertz CT molecular complexity index is 347. The van der Waals surface area contributed by atoms with Crippen molar-refractivity contribution in [1.82, 2.24) is 5.32 Å². The van der Waals surface area contributed by atoms with E-state index in [9.17, 15) is 0 Å². The van der Waals surface area contributed by atoms with E-state index in [1.165, 1.54) is 5.56 Å². The van der Waals surface area contributed by atoms with Crippen LogP contribution in [0.25, 0.3) is 0 Å². The van der Waals surface area contributed by atoms with Crippen LogP contribution in [-0.4, -0.2) is 31.8 Å². The summed E-state index contributed by atoms with van der Waals surface area (Å²) >= 11 is 0. The van der Waals surface area contributed by atoms with Crippen LogP contribution in [0.15, 0.2) is 30.3 Å². The summed E-state index contributed by atoms with van der Waals surface area (Å²) in [7, 11) is 0. The molecular weight excluding hydrogens is 224 g/mol. The number of benzene rings is 1. The van der Waals surface area contributed by atoms with Gasteiger partial charge in [-0.25, -0.2) is 0 Å². The summed E-state index contributed by atoms with van der Waals surface area (Å²) in [4.78, 5) is 0. The second-order valence-corrected chi connectivity index (χ2v) is 5.40. The van der Waals surface area contributed by atoms with Crippen molar-refractivity contribution in [2.24, 2.45) is 5.73 Å². The molecule has 3 heteroatoms. The second kappa shape index (κ2) is 6.32. The summed E-state index contributed by atoms with van der Waals surface area (Å²) in [5.41, 5.74) is 7.43. The molecule has 1 unspecified atom stereocenters. The number of hydrogen-bond acceptors (Lipinski definition) is 3. The van der Waals surface area contributed by atoms with E-state index in [0.29, 0.717) is 12.5 Å². The lowest BCUT2D eigenvalue weighted by molar-refractivity contribution is 0.0449. The monoisotopic (exact) mass is 248 g/mol. The molecule has 0 aliphatic carbocycles. The molecule has 1 aliphatic heterocycles. The van der Waals surface area contributed by atoms with E-state index >= 15 is 0 Å². The fraction of sp³-hybridized carbons (Fsp3) is 0.600. The molecule has 0 aromatic heterocycles. The van der Waals surface area contributed by atoms with E-state index in [0.717, 1.165) is 32.6 Å². The van der Waals surface area contributed by atoms with Crippen LogP contribution in [0.5, 0.6) is 0 Å². The van der Waals surface area contributed by atoms with Crippen molar-refractivity contribution in [3.63, 3.8) is 0 Å². The maximum atomic E-state index is 5.90. The molecule has 1 aromatic carbocycles. The summed E-state index contributed by atoms with van der Waals surface area (Å²) < 4.78 is 5.42. The first kappa shape index (κ1) is 13.5. The number of nitrogens with one attached hydrogen (secondary N) is 1. The average Bonchev–Trinajstić information content (AvgIpc) is 2.41. The first-order chi connectivity index (χ1) is 8.73. The van der Waals surface area contributed by atoms with Gasteiger partial charge in [-0.1, -0.05) is 30.3 Å². The van der Waals surface area contributed by atoms with Crippen LogP contribution < -0.4 is 11.1 Å². The van der Waals surface area contributed by atoms with Gasteiger partial charge in [0.05, 0.1) is 0 Å². The molecule has 0 spiro atoms. The first-order valence-electron chi connectivity index (χ1n) is 6.81. The van der Waals surface area contributed by atoms with E-state index in [1.807, 2.05) is 6.07 Å². The molecule has 0 amide bonds. The zero-order valence-corrected chi connectivity index (χ0v) is 11.2. The highest BCUT2D eigenvalue weighted by atomic mass is 16.5. The fourth-order valence-corrected chi connectivity index (χ4v) is 2.43. The third-order valence-corrected chi connectivity index (χ3v) is 3.93. The van der Waals surface area contributed by atoms with E-state index in [1.54, 1.807) is 0 Å². The lowest BCUT2D eigenvalue weighted by Crippen LogP contribution is -2.48. The van der Waals surface area contributed by atoms with Crippen molar-refractivity contribution in [2.45, 2.75) is 31.2 Å². The molecule has 100 valence electrons. The summed E-state index contributed by atoms with van der Waals surface area (Å²) in [5, 5.41) is 3.69. The molecule has 1 saturated heterocycles. The smallest absolute Gasteiger partial charge is 0.0483 e. The maximum Gasteiger partial charge on any atom is 0.0483 e. The third kappa shape index (κ3) is 3.55. The molecular formula is C15H24N2O. The quantitative estimate of drug-likeness (QED) is 0.836. The molecule has 3 nitrogen and oxygen atoms in total. The molecule has 1 heterocycles. The minimum absolute atomic E-state index is 0.209. The van der Waals surface area contributed by atoms with Crippen LogP contribution in [0.1, 0.15) is 31.2 Å². The van der Waals surface area contributed by atoms with Gasteiger partial charge in [0.1, 0.15) is 0 Å². The summed E-state index contributed by atoms with van der Waals surface area (Å²) in [6.07, 6.45) is 2.16. The predicted octanol–water partition coefficient (Wildman–Crippen LogP) is 1.89. The van der Waals surface area contributed by atoms with Gasteiger partial charge in [0, 0.05) is 37.8 Å². The second-order valence-electron chi connectivity index (χ2n) is 5.40. The van der Waals surface area contributed by atoms with Gasteiger partial charge in [0.15, 0.2) is 0 Å². The Morgan fingerprint density at radius 1 is 1.28 bits per heavy atom. The van der Waals surface area contributed by atoms with Gasteiger partial charge in [0.2, 0.25) is 0 Å². The van der Waals surface area contributed by atoms with Gasteiger partial charge in [-0.3, -0.25) is 0 Å². The van der Waals surface area contributed by atoms with Crippen molar-refractivity contribution in [3.8, 4) is 0 Å². The minimum atomic E-state index is 0.209. The molecule has 1 atom stereocenters. The summed E-state index contributed by atoms with van der Waals surface area (Å²) in [6, 6.07) is 10.5. The van der Waals surface area contributed by atoms with Gasteiger partial charge >= 0.3 is 0 Å². The lowest BCUT2D eigenvalue weighted by atomic mass is 9.90. The Kier molecular flexibility index (Phi) is 4.75. The largest absolute Gasteiger partial charge is 0.381 e. The first-order valence-corrected chi connectivity index (χ1v) is 6.81. The highest BCUT2D eigenvalue weighted by Gasteiger charge is 2.27. The van der Waals surface area contributed by atoms with E-state index in [4.69, 9.17) is 10.5 Å². The van der Waals surface area contributed by atoms with Crippen molar-refractivity contribution < 1.29 is 4.74 Å². The molecule has 1 fully saturated rings. The van der Waals surface area contributed by atoms with Crippen LogP contribution in [0.3, 0.4) is 0 Å². The van der Waals surface area contributed by atoms with Crippen LogP contribution in [-0.2, 0) is 4.74 Å².